The van der Waals surface area contributed by atoms with Crippen molar-refractivity contribution in [2.24, 2.45) is 10.2 Å². The molecule has 0 aromatic heterocycles. The Kier molecular flexibility index (Phi) is 13.4. The number of hydrogen-bond acceptors (Lipinski definition) is 6. The number of allylic oxidation sites excluding steroid dienone is 4. The molecule has 0 amide bonds. The van der Waals surface area contributed by atoms with E-state index in [4.69, 9.17) is 0 Å². The van der Waals surface area contributed by atoms with Crippen LogP contribution in [0.3, 0.4) is 0 Å². The van der Waals surface area contributed by atoms with Crippen molar-refractivity contribution in [2.75, 3.05) is 24.1 Å². The smallest absolute Gasteiger partial charge is 0.876 e. The molecule has 0 aliphatic heterocycles. The quantitative estimate of drug-likeness (QED) is 0.283. The molecule has 0 spiro atoms. The maximum Gasteiger partial charge on any atom is 2.00 e. The first-order valence-corrected chi connectivity index (χ1v) is 9.57. The van der Waals surface area contributed by atoms with Crippen LogP contribution >= 0.6 is 0 Å². The van der Waals surface area contributed by atoms with Crippen LogP contribution < -0.4 is 20.2 Å². The molecule has 7 heteroatoms. The van der Waals surface area contributed by atoms with Crippen LogP contribution in [0.4, 0.5) is 11.4 Å². The molecule has 6 nitrogen and oxygen atoms in total. The molecule has 0 unspecified atom stereocenters. The molecular formula is C24H30N4NiO2. The van der Waals surface area contributed by atoms with Gasteiger partial charge in [0.05, 0.1) is 22.8 Å². The van der Waals surface area contributed by atoms with Gasteiger partial charge in [0.15, 0.2) is 0 Å². The second kappa shape index (κ2) is 14.9. The third kappa shape index (κ3) is 12.3. The normalized spacial score (nSPS) is 12.3. The molecular weight excluding hydrogens is 435 g/mol. The number of benzene rings is 2. The molecule has 2 rings (SSSR count). The predicted molar refractivity (Wildman–Crippen MR) is 123 cm³/mol. The summed E-state index contributed by atoms with van der Waals surface area (Å²) in [6.07, 6.45) is 3.03. The van der Waals surface area contributed by atoms with Gasteiger partial charge in [0.2, 0.25) is 0 Å². The van der Waals surface area contributed by atoms with E-state index in [9.17, 15) is 10.2 Å². The minimum absolute atomic E-state index is 0. The van der Waals surface area contributed by atoms with Gasteiger partial charge in [0.1, 0.15) is 0 Å². The van der Waals surface area contributed by atoms with Crippen LogP contribution in [0.2, 0.25) is 0 Å². The van der Waals surface area contributed by atoms with Crippen molar-refractivity contribution >= 4 is 22.8 Å². The third-order valence-corrected chi connectivity index (χ3v) is 3.70. The van der Waals surface area contributed by atoms with E-state index in [1.165, 1.54) is 26.0 Å². The monoisotopic (exact) mass is 464 g/mol. The van der Waals surface area contributed by atoms with Crippen LogP contribution in [0.1, 0.15) is 27.7 Å². The third-order valence-electron chi connectivity index (χ3n) is 3.70. The minimum Gasteiger partial charge on any atom is -0.876 e. The average molecular weight is 465 g/mol. The van der Waals surface area contributed by atoms with Crippen LogP contribution in [0.25, 0.3) is 0 Å². The second-order valence-electron chi connectivity index (χ2n) is 6.71. The van der Waals surface area contributed by atoms with E-state index in [0.717, 1.165) is 11.4 Å². The first-order chi connectivity index (χ1) is 14.2. The van der Waals surface area contributed by atoms with Crippen LogP contribution in [-0.4, -0.2) is 25.5 Å². The minimum atomic E-state index is 0. The van der Waals surface area contributed by atoms with Crippen molar-refractivity contribution in [3.8, 4) is 0 Å². The van der Waals surface area contributed by atoms with E-state index in [-0.39, 0.29) is 28.0 Å². The molecule has 2 aromatic carbocycles. The Bertz CT molecular complexity index is 811. The maximum atomic E-state index is 10.8. The molecule has 0 saturated heterocycles. The van der Waals surface area contributed by atoms with Crippen molar-refractivity contribution in [3.63, 3.8) is 0 Å². The summed E-state index contributed by atoms with van der Waals surface area (Å²) in [7, 11) is 3.71. The van der Waals surface area contributed by atoms with E-state index in [0.29, 0.717) is 11.4 Å². The molecule has 0 aliphatic rings. The number of nitrogens with zero attached hydrogens (tertiary/aromatic N) is 4. The summed E-state index contributed by atoms with van der Waals surface area (Å²) in [5, 5.41) is 33.6. The fourth-order valence-corrected chi connectivity index (χ4v) is 2.52. The molecule has 0 saturated carbocycles. The largest absolute Gasteiger partial charge is 2.00 e. The van der Waals surface area contributed by atoms with Gasteiger partial charge in [-0.05, 0) is 38.1 Å². The van der Waals surface area contributed by atoms with E-state index < -0.39 is 0 Å². The van der Waals surface area contributed by atoms with Crippen molar-refractivity contribution in [2.45, 2.75) is 27.7 Å². The van der Waals surface area contributed by atoms with Crippen LogP contribution in [0.15, 0.2) is 94.5 Å². The van der Waals surface area contributed by atoms with Crippen LogP contribution in [0.5, 0.6) is 0 Å². The number of para-hydroxylation sites is 2. The number of anilines is 2. The zero-order chi connectivity index (χ0) is 22.5. The number of hydrazone groups is 2. The molecule has 31 heavy (non-hydrogen) atoms. The molecule has 168 valence electrons. The predicted octanol–water partition coefficient (Wildman–Crippen LogP) is 3.52. The van der Waals surface area contributed by atoms with Crippen LogP contribution in [-0.2, 0) is 16.5 Å². The topological polar surface area (TPSA) is 77.3 Å². The van der Waals surface area contributed by atoms with Gasteiger partial charge in [0, 0.05) is 14.1 Å². The Hall–Kier alpha value is -3.05. The first kappa shape index (κ1) is 28.0. The molecule has 0 N–H and O–H groups in total. The summed E-state index contributed by atoms with van der Waals surface area (Å²) >= 11 is 0. The molecule has 0 heterocycles. The maximum absolute atomic E-state index is 10.8. The summed E-state index contributed by atoms with van der Waals surface area (Å²) in [5.41, 5.74) is 3.39. The molecule has 2 aromatic rings. The Morgan fingerprint density at radius 2 is 0.935 bits per heavy atom. The van der Waals surface area contributed by atoms with Crippen molar-refractivity contribution in [1.29, 1.82) is 0 Å². The summed E-state index contributed by atoms with van der Waals surface area (Å²) in [6, 6.07) is 19.6. The average Bonchev–Trinajstić information content (AvgIpc) is 2.68. The van der Waals surface area contributed by atoms with Gasteiger partial charge < -0.3 is 10.2 Å². The Labute approximate surface area is 195 Å². The summed E-state index contributed by atoms with van der Waals surface area (Å²) in [6.45, 7) is 6.64. The van der Waals surface area contributed by atoms with Crippen molar-refractivity contribution in [3.05, 3.63) is 84.3 Å². The Morgan fingerprint density at radius 3 is 1.19 bits per heavy atom. The summed E-state index contributed by atoms with van der Waals surface area (Å²) < 4.78 is 0. The Balaban J connectivity index is 0.000000562. The van der Waals surface area contributed by atoms with Crippen LogP contribution in [0, 0.1) is 0 Å². The van der Waals surface area contributed by atoms with E-state index in [2.05, 4.69) is 10.2 Å². The first-order valence-electron chi connectivity index (χ1n) is 9.57. The molecule has 0 bridgehead atoms. The van der Waals surface area contributed by atoms with E-state index >= 15 is 0 Å². The second-order valence-corrected chi connectivity index (χ2v) is 6.71. The van der Waals surface area contributed by atoms with Gasteiger partial charge in [-0.15, -0.1) is 11.5 Å². The summed E-state index contributed by atoms with van der Waals surface area (Å²) in [4.78, 5) is 0. The zero-order valence-electron chi connectivity index (χ0n) is 18.8. The van der Waals surface area contributed by atoms with E-state index in [1.807, 2.05) is 74.8 Å². The van der Waals surface area contributed by atoms with Crippen molar-refractivity contribution in [1.82, 2.24) is 0 Å². The molecule has 0 fully saturated rings. The standard InChI is InChI=1S/2C12H16N2O.Ni/c2*1-10(9-11(2)15)13-14(3)12-7-5-4-6-8-12;/h2*4-9,15H,1-3H3;/q;;+2/p-2/b2*11-9-,13-10+;. The number of hydrogen-bond donors (Lipinski definition) is 0. The molecule has 0 atom stereocenters. The van der Waals surface area contributed by atoms with Gasteiger partial charge >= 0.3 is 16.5 Å². The molecule has 0 aliphatic carbocycles. The van der Waals surface area contributed by atoms with E-state index in [1.54, 1.807) is 23.9 Å². The SMILES string of the molecule is C/C([O-])=C/C(C)=N/N(C)c1ccccc1.C/C([O-])=C/C(C)=N/N(C)c1ccccc1.[Ni+2]. The fraction of sp³-hybridized carbons (Fsp3) is 0.250. The number of rotatable bonds is 6. The van der Waals surface area contributed by atoms with Gasteiger partial charge in [-0.2, -0.15) is 10.2 Å². The van der Waals surface area contributed by atoms with Gasteiger partial charge in [0.25, 0.3) is 0 Å². The fourth-order valence-electron chi connectivity index (χ4n) is 2.52. The van der Waals surface area contributed by atoms with Gasteiger partial charge in [-0.25, -0.2) is 0 Å². The molecule has 0 radical (unpaired) electrons. The Morgan fingerprint density at radius 1 is 0.645 bits per heavy atom. The zero-order valence-corrected chi connectivity index (χ0v) is 19.8. The summed E-state index contributed by atoms with van der Waals surface area (Å²) in [5.74, 6) is 0.0235. The van der Waals surface area contributed by atoms with Crippen molar-refractivity contribution < 1.29 is 26.7 Å². The van der Waals surface area contributed by atoms with Gasteiger partial charge in [-0.1, -0.05) is 62.4 Å². The van der Waals surface area contributed by atoms with Gasteiger partial charge in [-0.3, -0.25) is 10.0 Å².